The monoisotopic (exact) mass is 472 g/mol. The molecule has 0 spiro atoms. The number of methoxy groups -OCH3 is 1. The van der Waals surface area contributed by atoms with Gasteiger partial charge in [-0.3, -0.25) is 4.79 Å². The fourth-order valence-electron chi connectivity index (χ4n) is 3.59. The number of amides is 1. The van der Waals surface area contributed by atoms with Crippen molar-refractivity contribution in [2.24, 2.45) is 0 Å². The van der Waals surface area contributed by atoms with Gasteiger partial charge in [-0.2, -0.15) is 0 Å². The highest BCUT2D eigenvalue weighted by Crippen LogP contribution is 2.28. The Morgan fingerprint density at radius 2 is 1.62 bits per heavy atom. The number of rotatable bonds is 9. The predicted octanol–water partition coefficient (Wildman–Crippen LogP) is 5.19. The molecule has 0 aliphatic rings. The lowest BCUT2D eigenvalue weighted by Crippen LogP contribution is -2.21. The van der Waals surface area contributed by atoms with Gasteiger partial charge in [0.2, 0.25) is 0 Å². The minimum atomic E-state index is 0.00370. The molecule has 1 amide bonds. The molecule has 4 aromatic rings. The van der Waals surface area contributed by atoms with Crippen molar-refractivity contribution in [3.05, 3.63) is 95.6 Å². The molecule has 0 radical (unpaired) electrons. The summed E-state index contributed by atoms with van der Waals surface area (Å²) in [5.41, 5.74) is 4.09. The number of carbonyl (C=O) groups excluding carboxylic acids is 1. The third-order valence-corrected chi connectivity index (χ3v) is 6.54. The molecule has 0 fully saturated rings. The second-order valence-electron chi connectivity index (χ2n) is 8.11. The van der Waals surface area contributed by atoms with Crippen molar-refractivity contribution in [1.82, 2.24) is 19.7 Å². The summed E-state index contributed by atoms with van der Waals surface area (Å²) < 4.78 is 7.48. The van der Waals surface area contributed by atoms with Crippen LogP contribution in [0, 0.1) is 0 Å². The molecule has 0 N–H and O–H groups in total. The van der Waals surface area contributed by atoms with E-state index in [0.717, 1.165) is 46.6 Å². The van der Waals surface area contributed by atoms with E-state index in [-0.39, 0.29) is 5.91 Å². The van der Waals surface area contributed by atoms with Gasteiger partial charge in [-0.25, -0.2) is 0 Å². The zero-order valence-electron chi connectivity index (χ0n) is 19.6. The van der Waals surface area contributed by atoms with Crippen molar-refractivity contribution >= 4 is 17.7 Å². The molecule has 1 heterocycles. The van der Waals surface area contributed by atoms with Gasteiger partial charge in [0.15, 0.2) is 11.0 Å². The number of aryl methyl sites for hydroxylation is 1. The zero-order valence-corrected chi connectivity index (χ0v) is 20.5. The number of ether oxygens (including phenoxy) is 1. The number of thioether (sulfide) groups is 1. The lowest BCUT2D eigenvalue weighted by atomic mass is 10.1. The molecule has 0 aliphatic carbocycles. The van der Waals surface area contributed by atoms with Crippen LogP contribution in [0.15, 0.2) is 84.0 Å². The molecule has 0 saturated heterocycles. The first-order chi connectivity index (χ1) is 16.5. The summed E-state index contributed by atoms with van der Waals surface area (Å²) >= 11 is 1.65. The summed E-state index contributed by atoms with van der Waals surface area (Å²) in [4.78, 5) is 13.7. The van der Waals surface area contributed by atoms with Gasteiger partial charge in [0.05, 0.1) is 7.11 Å². The maximum absolute atomic E-state index is 12.1. The molecule has 6 nitrogen and oxygen atoms in total. The molecule has 7 heteroatoms. The Kier molecular flexibility index (Phi) is 7.65. The van der Waals surface area contributed by atoms with Gasteiger partial charge in [-0.05, 0) is 53.9 Å². The first kappa shape index (κ1) is 23.6. The highest BCUT2D eigenvalue weighted by Gasteiger charge is 2.15. The summed E-state index contributed by atoms with van der Waals surface area (Å²) in [7, 11) is 5.18. The minimum Gasteiger partial charge on any atom is -0.497 e. The Morgan fingerprint density at radius 3 is 2.26 bits per heavy atom. The number of nitrogens with zero attached hydrogens (tertiary/aromatic N) is 4. The van der Waals surface area contributed by atoms with E-state index >= 15 is 0 Å². The van der Waals surface area contributed by atoms with Crippen LogP contribution < -0.4 is 4.74 Å². The van der Waals surface area contributed by atoms with Crippen molar-refractivity contribution < 1.29 is 9.53 Å². The lowest BCUT2D eigenvalue weighted by molar-refractivity contribution is 0.0827. The fraction of sp³-hybridized carbons (Fsp3) is 0.222. The van der Waals surface area contributed by atoms with E-state index < -0.39 is 0 Å². The average molecular weight is 473 g/mol. The molecule has 34 heavy (non-hydrogen) atoms. The summed E-state index contributed by atoms with van der Waals surface area (Å²) in [6.07, 6.45) is 0.886. The number of hydrogen-bond acceptors (Lipinski definition) is 5. The summed E-state index contributed by atoms with van der Waals surface area (Å²) in [5.74, 6) is 2.39. The van der Waals surface area contributed by atoms with Crippen LogP contribution in [0.4, 0.5) is 0 Å². The van der Waals surface area contributed by atoms with E-state index in [1.807, 2.05) is 54.6 Å². The van der Waals surface area contributed by atoms with Crippen LogP contribution in [-0.2, 0) is 18.7 Å². The highest BCUT2D eigenvalue weighted by molar-refractivity contribution is 7.98. The Morgan fingerprint density at radius 1 is 0.912 bits per heavy atom. The second kappa shape index (κ2) is 11.0. The van der Waals surface area contributed by atoms with Crippen molar-refractivity contribution in [2.45, 2.75) is 23.9 Å². The van der Waals surface area contributed by atoms with Crippen molar-refractivity contribution in [1.29, 1.82) is 0 Å². The molecule has 0 unspecified atom stereocenters. The molecule has 0 atom stereocenters. The van der Waals surface area contributed by atoms with E-state index in [0.29, 0.717) is 5.56 Å². The van der Waals surface area contributed by atoms with Gasteiger partial charge in [0, 0.05) is 37.5 Å². The number of benzene rings is 3. The predicted molar refractivity (Wildman–Crippen MR) is 136 cm³/mol. The summed E-state index contributed by atoms with van der Waals surface area (Å²) in [5, 5.41) is 9.91. The van der Waals surface area contributed by atoms with Gasteiger partial charge in [-0.1, -0.05) is 54.2 Å². The molecule has 174 valence electrons. The van der Waals surface area contributed by atoms with Crippen LogP contribution in [0.25, 0.3) is 11.4 Å². The third kappa shape index (κ3) is 5.66. The van der Waals surface area contributed by atoms with Crippen LogP contribution >= 0.6 is 11.8 Å². The van der Waals surface area contributed by atoms with Crippen LogP contribution in [0.5, 0.6) is 5.75 Å². The van der Waals surface area contributed by atoms with Crippen LogP contribution in [0.2, 0.25) is 0 Å². The maximum Gasteiger partial charge on any atom is 0.253 e. The van der Waals surface area contributed by atoms with Crippen LogP contribution in [0.3, 0.4) is 0 Å². The van der Waals surface area contributed by atoms with Gasteiger partial charge >= 0.3 is 0 Å². The van der Waals surface area contributed by atoms with E-state index in [9.17, 15) is 4.79 Å². The normalized spacial score (nSPS) is 10.8. The Labute approximate surface area is 204 Å². The smallest absolute Gasteiger partial charge is 0.253 e. The quantitative estimate of drug-likeness (QED) is 0.314. The minimum absolute atomic E-state index is 0.00370. The number of aromatic nitrogens is 3. The largest absolute Gasteiger partial charge is 0.497 e. The SMILES string of the molecule is COc1ccc(-c2nnc(SCc3ccc(C(=O)N(C)C)cc3)n2CCc2ccccc2)cc1. The molecule has 3 aromatic carbocycles. The van der Waals surface area contributed by atoms with Gasteiger partial charge in [0.25, 0.3) is 5.91 Å². The van der Waals surface area contributed by atoms with E-state index in [1.54, 1.807) is 37.9 Å². The second-order valence-corrected chi connectivity index (χ2v) is 9.05. The summed E-state index contributed by atoms with van der Waals surface area (Å²) in [6, 6.07) is 26.1. The molecule has 0 bridgehead atoms. The lowest BCUT2D eigenvalue weighted by Gasteiger charge is -2.12. The maximum atomic E-state index is 12.1. The molecular weight excluding hydrogens is 444 g/mol. The van der Waals surface area contributed by atoms with Crippen molar-refractivity contribution in [3.8, 4) is 17.1 Å². The Balaban J connectivity index is 1.54. The molecule has 4 rings (SSSR count). The Bertz CT molecular complexity index is 1220. The standard InChI is InChI=1S/C27H28N4O2S/c1-30(2)26(32)23-11-9-21(10-12-23)19-34-27-29-28-25(22-13-15-24(33-3)16-14-22)31(27)18-17-20-7-5-4-6-8-20/h4-16H,17-19H2,1-3H3. The van der Waals surface area contributed by atoms with Crippen molar-refractivity contribution in [2.75, 3.05) is 21.2 Å². The van der Waals surface area contributed by atoms with E-state index in [2.05, 4.69) is 39.0 Å². The molecule has 1 aromatic heterocycles. The Hall–Kier alpha value is -3.58. The van der Waals surface area contributed by atoms with E-state index in [1.165, 1.54) is 5.56 Å². The fourth-order valence-corrected chi connectivity index (χ4v) is 4.51. The van der Waals surface area contributed by atoms with Crippen molar-refractivity contribution in [3.63, 3.8) is 0 Å². The van der Waals surface area contributed by atoms with Crippen LogP contribution in [0.1, 0.15) is 21.5 Å². The van der Waals surface area contributed by atoms with Gasteiger partial charge in [-0.15, -0.1) is 10.2 Å². The zero-order chi connectivity index (χ0) is 23.9. The number of carbonyl (C=O) groups is 1. The first-order valence-electron chi connectivity index (χ1n) is 11.1. The van der Waals surface area contributed by atoms with Gasteiger partial charge in [0.1, 0.15) is 5.75 Å². The van der Waals surface area contributed by atoms with E-state index in [4.69, 9.17) is 4.74 Å². The topological polar surface area (TPSA) is 60.3 Å². The summed E-state index contributed by atoms with van der Waals surface area (Å²) in [6.45, 7) is 0.775. The third-order valence-electron chi connectivity index (χ3n) is 5.51. The molecular formula is C27H28N4O2S. The average Bonchev–Trinajstić information content (AvgIpc) is 3.29. The van der Waals surface area contributed by atoms with Crippen LogP contribution in [-0.4, -0.2) is 46.8 Å². The molecule has 0 saturated carbocycles. The number of hydrogen-bond donors (Lipinski definition) is 0. The highest BCUT2D eigenvalue weighted by atomic mass is 32.2. The van der Waals surface area contributed by atoms with Gasteiger partial charge < -0.3 is 14.2 Å². The first-order valence-corrected chi connectivity index (χ1v) is 12.1. The molecule has 0 aliphatic heterocycles.